The molecule has 260 valence electrons. The average Bonchev–Trinajstić information content (AvgIpc) is 3.48. The predicted octanol–water partition coefficient (Wildman–Crippen LogP) is 7.06. The Morgan fingerprint density at radius 2 is 1.42 bits per heavy atom. The van der Waals surface area contributed by atoms with Crippen LogP contribution >= 0.6 is 8.53 Å². The van der Waals surface area contributed by atoms with Crippen LogP contribution in [0.5, 0.6) is 11.5 Å². The molecule has 1 fully saturated rings. The van der Waals surface area contributed by atoms with Crippen LogP contribution in [0.2, 0.25) is 0 Å². The summed E-state index contributed by atoms with van der Waals surface area (Å²) in [5.41, 5.74) is 1.73. The molecule has 3 aromatic rings. The molecule has 4 atom stereocenters. The summed E-state index contributed by atoms with van der Waals surface area (Å²) in [7, 11) is 3.31. The van der Waals surface area contributed by atoms with Crippen LogP contribution in [0, 0.1) is 11.3 Å². The quantitative estimate of drug-likeness (QED) is 0.0566. The molecule has 1 aliphatic heterocycles. The Hall–Kier alpha value is -3.10. The monoisotopic (exact) mass is 680 g/mol. The molecule has 0 N–H and O–H groups in total. The van der Waals surface area contributed by atoms with Gasteiger partial charge in [0.15, 0.2) is 0 Å². The first kappa shape index (κ1) is 37.7. The maximum absolute atomic E-state index is 9.23. The summed E-state index contributed by atoms with van der Waals surface area (Å²) in [6.07, 6.45) is -1.24. The van der Waals surface area contributed by atoms with Crippen molar-refractivity contribution in [1.82, 2.24) is 4.67 Å². The first-order chi connectivity index (χ1) is 23.3. The Kier molecular flexibility index (Phi) is 14.6. The van der Waals surface area contributed by atoms with Gasteiger partial charge >= 0.3 is 0 Å². The van der Waals surface area contributed by atoms with Gasteiger partial charge in [-0.2, -0.15) is 5.26 Å². The van der Waals surface area contributed by atoms with Crippen molar-refractivity contribution in [3.05, 3.63) is 95.6 Å². The number of ether oxygens (including phenoxy) is 6. The number of rotatable bonds is 19. The number of methoxy groups -OCH3 is 3. The summed E-state index contributed by atoms with van der Waals surface area (Å²) < 4.78 is 51.2. The number of nitrogens with zero attached hydrogens (tertiary/aromatic N) is 2. The maximum Gasteiger partial charge on any atom is 0.259 e. The highest BCUT2D eigenvalue weighted by Gasteiger charge is 2.46. The molecular formula is C37H49N2O8P. The first-order valence-electron chi connectivity index (χ1n) is 16.2. The van der Waals surface area contributed by atoms with E-state index in [0.717, 1.165) is 28.2 Å². The van der Waals surface area contributed by atoms with E-state index in [4.69, 9.17) is 37.5 Å². The highest BCUT2D eigenvalue weighted by Crippen LogP contribution is 2.49. The second-order valence-corrected chi connectivity index (χ2v) is 13.3. The molecule has 0 spiro atoms. The van der Waals surface area contributed by atoms with Crippen molar-refractivity contribution in [2.45, 2.75) is 70.1 Å². The minimum absolute atomic E-state index is 0.0818. The molecule has 0 amide bonds. The molecule has 0 bridgehead atoms. The largest absolute Gasteiger partial charge is 0.497 e. The van der Waals surface area contributed by atoms with Crippen LogP contribution in [0.4, 0.5) is 0 Å². The van der Waals surface area contributed by atoms with Gasteiger partial charge in [-0.25, -0.2) is 4.67 Å². The normalized spacial score (nSPS) is 18.7. The van der Waals surface area contributed by atoms with Gasteiger partial charge in [-0.1, -0.05) is 54.6 Å². The zero-order chi connectivity index (χ0) is 34.5. The van der Waals surface area contributed by atoms with E-state index in [9.17, 15) is 5.26 Å². The van der Waals surface area contributed by atoms with Crippen LogP contribution in [-0.4, -0.2) is 83.0 Å². The highest BCUT2D eigenvalue weighted by molar-refractivity contribution is 7.44. The zero-order valence-electron chi connectivity index (χ0n) is 29.0. The molecule has 11 heteroatoms. The lowest BCUT2D eigenvalue weighted by Gasteiger charge is -2.39. The lowest BCUT2D eigenvalue weighted by molar-refractivity contribution is -0.101. The van der Waals surface area contributed by atoms with E-state index < -0.39 is 32.4 Å². The Labute approximate surface area is 286 Å². The Morgan fingerprint density at radius 3 is 1.92 bits per heavy atom. The van der Waals surface area contributed by atoms with Crippen molar-refractivity contribution < 1.29 is 37.5 Å². The van der Waals surface area contributed by atoms with Crippen molar-refractivity contribution in [2.75, 3.05) is 47.9 Å². The third kappa shape index (κ3) is 9.12. The van der Waals surface area contributed by atoms with E-state index in [0.29, 0.717) is 0 Å². The van der Waals surface area contributed by atoms with Crippen molar-refractivity contribution in [3.63, 3.8) is 0 Å². The van der Waals surface area contributed by atoms with Gasteiger partial charge in [0.2, 0.25) is 0 Å². The lowest BCUT2D eigenvalue weighted by Crippen LogP contribution is -2.42. The molecular weight excluding hydrogens is 631 g/mol. The average molecular weight is 681 g/mol. The smallest absolute Gasteiger partial charge is 0.259 e. The summed E-state index contributed by atoms with van der Waals surface area (Å²) in [5.74, 6) is 1.48. The Bertz CT molecular complexity index is 1350. The molecule has 0 radical (unpaired) electrons. The molecule has 1 saturated heterocycles. The summed E-state index contributed by atoms with van der Waals surface area (Å²) in [5, 5.41) is 9.23. The third-order valence-electron chi connectivity index (χ3n) is 8.12. The van der Waals surface area contributed by atoms with Crippen molar-refractivity contribution in [2.24, 2.45) is 0 Å². The van der Waals surface area contributed by atoms with Gasteiger partial charge in [0, 0.05) is 19.2 Å². The topological polar surface area (TPSA) is 101 Å². The zero-order valence-corrected chi connectivity index (χ0v) is 29.9. The van der Waals surface area contributed by atoms with Gasteiger partial charge in [0.1, 0.15) is 42.2 Å². The fourth-order valence-electron chi connectivity index (χ4n) is 5.90. The second-order valence-electron chi connectivity index (χ2n) is 11.9. The molecule has 0 saturated carbocycles. The number of nitriles is 1. The van der Waals surface area contributed by atoms with Crippen molar-refractivity contribution in [1.29, 1.82) is 5.26 Å². The highest BCUT2D eigenvalue weighted by atomic mass is 31.2. The van der Waals surface area contributed by atoms with E-state index in [2.05, 4.69) is 50.6 Å². The van der Waals surface area contributed by atoms with Crippen LogP contribution in [0.25, 0.3) is 0 Å². The van der Waals surface area contributed by atoms with E-state index in [1.165, 1.54) is 0 Å². The van der Waals surface area contributed by atoms with Crippen LogP contribution < -0.4 is 9.47 Å². The van der Waals surface area contributed by atoms with Crippen LogP contribution in [0.3, 0.4) is 0 Å². The molecule has 3 aromatic carbocycles. The molecule has 0 aromatic heterocycles. The summed E-state index contributed by atoms with van der Waals surface area (Å²) >= 11 is 0. The molecule has 1 unspecified atom stereocenters. The molecule has 48 heavy (non-hydrogen) atoms. The molecule has 10 nitrogen and oxygen atoms in total. The van der Waals surface area contributed by atoms with Crippen LogP contribution in [-0.2, 0) is 33.6 Å². The van der Waals surface area contributed by atoms with Crippen molar-refractivity contribution in [3.8, 4) is 17.6 Å². The van der Waals surface area contributed by atoms with E-state index in [-0.39, 0.29) is 45.1 Å². The van der Waals surface area contributed by atoms with Crippen molar-refractivity contribution >= 4 is 8.53 Å². The van der Waals surface area contributed by atoms with Gasteiger partial charge in [0.25, 0.3) is 8.53 Å². The van der Waals surface area contributed by atoms with E-state index >= 15 is 0 Å². The first-order valence-corrected chi connectivity index (χ1v) is 17.4. The molecule has 1 aliphatic rings. The van der Waals surface area contributed by atoms with Gasteiger partial charge in [0.05, 0.1) is 46.5 Å². The Balaban J connectivity index is 1.76. The van der Waals surface area contributed by atoms with Gasteiger partial charge in [-0.15, -0.1) is 0 Å². The van der Waals surface area contributed by atoms with Crippen LogP contribution in [0.15, 0.2) is 78.9 Å². The number of hydrogen-bond acceptors (Lipinski definition) is 10. The Morgan fingerprint density at radius 1 is 0.854 bits per heavy atom. The fraction of sp³-hybridized carbons (Fsp3) is 0.486. The third-order valence-corrected chi connectivity index (χ3v) is 10.2. The minimum atomic E-state index is -1.58. The molecule has 0 aliphatic carbocycles. The summed E-state index contributed by atoms with van der Waals surface area (Å²) in [4.78, 5) is 0. The van der Waals surface area contributed by atoms with Gasteiger partial charge < -0.3 is 37.5 Å². The van der Waals surface area contributed by atoms with E-state index in [1.807, 2.05) is 66.7 Å². The van der Waals surface area contributed by atoms with E-state index in [1.54, 1.807) is 21.3 Å². The minimum Gasteiger partial charge on any atom is -0.497 e. The predicted molar refractivity (Wildman–Crippen MR) is 185 cm³/mol. The van der Waals surface area contributed by atoms with Gasteiger partial charge in [-0.3, -0.25) is 0 Å². The molecule has 4 rings (SSSR count). The summed E-state index contributed by atoms with van der Waals surface area (Å²) in [6.45, 7) is 9.21. The fourth-order valence-corrected chi connectivity index (χ4v) is 7.69. The van der Waals surface area contributed by atoms with Crippen LogP contribution in [0.1, 0.15) is 50.8 Å². The SMILES string of the molecule is COCO[C@H]1CO[C@H](COC(c2ccccc2)(c2ccc(OC)cc2)c2ccc(OC)cc2)[C@H]1OP(OCCC#N)N(C(C)C)C(C)C. The number of benzene rings is 3. The summed E-state index contributed by atoms with van der Waals surface area (Å²) in [6, 6.07) is 28.4. The lowest BCUT2D eigenvalue weighted by atomic mass is 9.80. The second kappa shape index (κ2) is 18.6. The number of hydrogen-bond donors (Lipinski definition) is 0. The molecule has 1 heterocycles. The van der Waals surface area contributed by atoms with Gasteiger partial charge in [-0.05, 0) is 68.7 Å². The standard InChI is InChI=1S/C37H49N2O8P/c1-27(2)39(28(3)4)48(46-23-11-22-38)47-36-34(44-26-40-5)24-43-35(36)25-45-37(29-12-9-8-10-13-29,30-14-18-32(41-6)19-15-30)31-16-20-33(42-7)21-17-31/h8-10,12-21,27-28,34-36H,11,23-26H2,1-7H3/t34-,35+,36-,48?/m0/s1. The maximum atomic E-state index is 9.23.